The molecule has 4 rings (SSSR count). The number of nitrogens with zero attached hydrogens (tertiary/aromatic N) is 3. The predicted octanol–water partition coefficient (Wildman–Crippen LogP) is 1.95. The molecule has 1 fully saturated rings. The van der Waals surface area contributed by atoms with Crippen molar-refractivity contribution in [1.82, 2.24) is 9.78 Å². The maximum atomic E-state index is 9.44. The summed E-state index contributed by atoms with van der Waals surface area (Å²) in [6.45, 7) is 4.52. The molecular formula is C20H23N4O3S+. The minimum Gasteiger partial charge on any atom is -0.508 e. The Labute approximate surface area is 168 Å². The maximum Gasteiger partial charge on any atom is 0.292 e. The fraction of sp³-hybridized carbons (Fsp3) is 0.300. The van der Waals surface area contributed by atoms with Gasteiger partial charge in [-0.2, -0.15) is 4.68 Å². The van der Waals surface area contributed by atoms with Crippen molar-refractivity contribution in [3.05, 3.63) is 53.4 Å². The van der Waals surface area contributed by atoms with Gasteiger partial charge >= 0.3 is 0 Å². The summed E-state index contributed by atoms with van der Waals surface area (Å²) in [6, 6.07) is 14.9. The molecule has 2 N–H and O–H groups in total. The average molecular weight is 399 g/mol. The number of phenolic OH excluding ortho intramolecular Hbond substituents is 1. The summed E-state index contributed by atoms with van der Waals surface area (Å²) >= 11 is 5.36. The lowest BCUT2D eigenvalue weighted by Crippen LogP contribution is -3.14. The van der Waals surface area contributed by atoms with Gasteiger partial charge in [-0.3, -0.25) is 0 Å². The molecule has 1 saturated heterocycles. The lowest BCUT2D eigenvalue weighted by molar-refractivity contribution is -0.924. The van der Waals surface area contributed by atoms with Crippen LogP contribution in [0.4, 0.5) is 5.69 Å². The van der Waals surface area contributed by atoms with Crippen molar-refractivity contribution in [3.63, 3.8) is 0 Å². The summed E-state index contributed by atoms with van der Waals surface area (Å²) < 4.78 is 12.6. The highest BCUT2D eigenvalue weighted by molar-refractivity contribution is 7.71. The summed E-state index contributed by atoms with van der Waals surface area (Å²) in [4.78, 5) is 4.12. The Hall–Kier alpha value is -2.84. The van der Waals surface area contributed by atoms with Gasteiger partial charge in [0.05, 0.1) is 33.3 Å². The van der Waals surface area contributed by atoms with Gasteiger partial charge in [-0.05, 0) is 60.7 Å². The van der Waals surface area contributed by atoms with Crippen LogP contribution in [0.1, 0.15) is 0 Å². The average Bonchev–Trinajstić information content (AvgIpc) is 3.09. The zero-order chi connectivity index (χ0) is 19.5. The molecule has 7 nitrogen and oxygen atoms in total. The van der Waals surface area contributed by atoms with Gasteiger partial charge in [0, 0.05) is 11.3 Å². The molecule has 8 heteroatoms. The lowest BCUT2D eigenvalue weighted by Gasteiger charge is -2.33. The van der Waals surface area contributed by atoms with Crippen LogP contribution in [0.25, 0.3) is 11.5 Å². The van der Waals surface area contributed by atoms with E-state index in [4.69, 9.17) is 21.4 Å². The van der Waals surface area contributed by atoms with Crippen LogP contribution in [0.15, 0.2) is 52.9 Å². The fourth-order valence-electron chi connectivity index (χ4n) is 3.37. The van der Waals surface area contributed by atoms with Crippen LogP contribution in [0.2, 0.25) is 0 Å². The number of ether oxygens (including phenoxy) is 1. The SMILES string of the molecule is COc1ccc(-c2nn(C[NH+]3CCN(c4ccc(O)cc4)CC3)c(=S)o2)cc1. The van der Waals surface area contributed by atoms with Crippen LogP contribution in [-0.2, 0) is 6.67 Å². The number of phenols is 1. The molecule has 0 bridgehead atoms. The number of rotatable bonds is 5. The molecule has 0 atom stereocenters. The highest BCUT2D eigenvalue weighted by Crippen LogP contribution is 2.21. The van der Waals surface area contributed by atoms with Gasteiger partial charge in [-0.1, -0.05) is 0 Å². The van der Waals surface area contributed by atoms with Crippen molar-refractivity contribution in [1.29, 1.82) is 0 Å². The molecule has 0 aliphatic carbocycles. The molecule has 1 aliphatic rings. The highest BCUT2D eigenvalue weighted by atomic mass is 32.1. The van der Waals surface area contributed by atoms with Crippen molar-refractivity contribution in [2.75, 3.05) is 38.2 Å². The molecule has 0 radical (unpaired) electrons. The van der Waals surface area contributed by atoms with Gasteiger partial charge in [-0.25, -0.2) is 0 Å². The number of nitrogens with one attached hydrogen (secondary N) is 1. The molecule has 2 aromatic carbocycles. The summed E-state index contributed by atoms with van der Waals surface area (Å²) in [5.41, 5.74) is 2.01. The summed E-state index contributed by atoms with van der Waals surface area (Å²) in [5.74, 6) is 1.61. The molecule has 0 spiro atoms. The van der Waals surface area contributed by atoms with Gasteiger partial charge in [0.1, 0.15) is 11.5 Å². The number of piperazine rings is 1. The lowest BCUT2D eigenvalue weighted by atomic mass is 10.2. The second kappa shape index (κ2) is 8.04. The monoisotopic (exact) mass is 399 g/mol. The Balaban J connectivity index is 1.39. The van der Waals surface area contributed by atoms with E-state index < -0.39 is 0 Å². The first-order chi connectivity index (χ1) is 13.6. The first-order valence-electron chi connectivity index (χ1n) is 9.22. The van der Waals surface area contributed by atoms with Crippen LogP contribution in [0, 0.1) is 4.84 Å². The third kappa shape index (κ3) is 4.02. The number of aromatic hydroxyl groups is 1. The van der Waals surface area contributed by atoms with Gasteiger partial charge in [0.2, 0.25) is 5.89 Å². The number of anilines is 1. The van der Waals surface area contributed by atoms with Crippen molar-refractivity contribution >= 4 is 17.9 Å². The Morgan fingerprint density at radius 1 is 1.11 bits per heavy atom. The van der Waals surface area contributed by atoms with E-state index >= 15 is 0 Å². The zero-order valence-corrected chi connectivity index (χ0v) is 16.5. The van der Waals surface area contributed by atoms with E-state index in [1.54, 1.807) is 23.9 Å². The minimum absolute atomic E-state index is 0.293. The van der Waals surface area contributed by atoms with Gasteiger partial charge < -0.3 is 24.1 Å². The standard InChI is InChI=1S/C20H22N4O3S/c1-26-18-8-2-15(3-9-18)19-21-24(20(28)27-19)14-22-10-12-23(13-11-22)16-4-6-17(25)7-5-16/h2-9,25H,10-14H2,1H3/p+1. The van der Waals surface area contributed by atoms with Crippen LogP contribution >= 0.6 is 12.2 Å². The maximum absolute atomic E-state index is 9.44. The first kappa shape index (κ1) is 18.5. The van der Waals surface area contributed by atoms with Crippen LogP contribution in [0.5, 0.6) is 11.5 Å². The summed E-state index contributed by atoms with van der Waals surface area (Å²) in [7, 11) is 1.64. The van der Waals surface area contributed by atoms with E-state index in [0.29, 0.717) is 23.1 Å². The van der Waals surface area contributed by atoms with Gasteiger partial charge in [-0.15, -0.1) is 5.10 Å². The van der Waals surface area contributed by atoms with Crippen LogP contribution in [-0.4, -0.2) is 48.2 Å². The second-order valence-corrected chi connectivity index (χ2v) is 7.16. The Kier molecular flexibility index (Phi) is 5.31. The molecule has 28 heavy (non-hydrogen) atoms. The normalized spacial score (nSPS) is 15.0. The Morgan fingerprint density at radius 2 is 1.79 bits per heavy atom. The predicted molar refractivity (Wildman–Crippen MR) is 108 cm³/mol. The van der Waals surface area contributed by atoms with Gasteiger partial charge in [0.25, 0.3) is 4.84 Å². The molecule has 0 unspecified atom stereocenters. The largest absolute Gasteiger partial charge is 0.508 e. The topological polar surface area (TPSA) is 68.1 Å². The number of quaternary nitrogens is 1. The molecule has 0 saturated carbocycles. The van der Waals surface area contributed by atoms with E-state index in [9.17, 15) is 5.11 Å². The molecule has 3 aromatic rings. The second-order valence-electron chi connectivity index (χ2n) is 6.81. The number of hydrogen-bond donors (Lipinski definition) is 2. The molecule has 1 aliphatic heterocycles. The number of benzene rings is 2. The summed E-state index contributed by atoms with van der Waals surface area (Å²) in [6.07, 6.45) is 0. The van der Waals surface area contributed by atoms with Crippen LogP contribution in [0.3, 0.4) is 0 Å². The molecule has 146 valence electrons. The van der Waals surface area contributed by atoms with Crippen molar-refractivity contribution < 1.29 is 19.2 Å². The number of aromatic nitrogens is 2. The molecule has 1 aromatic heterocycles. The molecule has 2 heterocycles. The number of methoxy groups -OCH3 is 1. The third-order valence-electron chi connectivity index (χ3n) is 5.00. The van der Waals surface area contributed by atoms with Crippen LogP contribution < -0.4 is 14.5 Å². The van der Waals surface area contributed by atoms with E-state index in [2.05, 4.69) is 10.00 Å². The van der Waals surface area contributed by atoms with E-state index in [1.807, 2.05) is 36.4 Å². The van der Waals surface area contributed by atoms with Gasteiger partial charge in [0.15, 0.2) is 6.67 Å². The zero-order valence-electron chi connectivity index (χ0n) is 15.7. The van der Waals surface area contributed by atoms with Crippen molar-refractivity contribution in [3.8, 4) is 23.0 Å². The first-order valence-corrected chi connectivity index (χ1v) is 9.63. The minimum atomic E-state index is 0.293. The molecule has 0 amide bonds. The quantitative estimate of drug-likeness (QED) is 0.640. The van der Waals surface area contributed by atoms with E-state index in [0.717, 1.165) is 43.2 Å². The fourth-order valence-corrected chi connectivity index (χ4v) is 3.56. The smallest absolute Gasteiger partial charge is 0.292 e. The van der Waals surface area contributed by atoms with Crippen molar-refractivity contribution in [2.45, 2.75) is 6.67 Å². The summed E-state index contributed by atoms with van der Waals surface area (Å²) in [5, 5.41) is 14.0. The van der Waals surface area contributed by atoms with E-state index in [-0.39, 0.29) is 0 Å². The Morgan fingerprint density at radius 3 is 2.43 bits per heavy atom. The van der Waals surface area contributed by atoms with Crippen molar-refractivity contribution in [2.24, 2.45) is 0 Å². The highest BCUT2D eigenvalue weighted by Gasteiger charge is 2.22. The molecular weight excluding hydrogens is 376 g/mol. The van der Waals surface area contributed by atoms with E-state index in [1.165, 1.54) is 4.90 Å². The Bertz CT molecular complexity index is 974. The third-order valence-corrected chi connectivity index (χ3v) is 5.30. The number of hydrogen-bond acceptors (Lipinski definition) is 6.